The minimum Gasteiger partial charge on any atom is -0.489 e. The van der Waals surface area contributed by atoms with E-state index in [0.29, 0.717) is 36.8 Å². The van der Waals surface area contributed by atoms with E-state index in [9.17, 15) is 22.8 Å². The molecule has 6 rings (SSSR count). The summed E-state index contributed by atoms with van der Waals surface area (Å²) in [4.78, 5) is 33.8. The monoisotopic (exact) mass is 581 g/mol. The van der Waals surface area contributed by atoms with Gasteiger partial charge in [0.15, 0.2) is 0 Å². The lowest BCUT2D eigenvalue weighted by Crippen LogP contribution is -2.49. The van der Waals surface area contributed by atoms with Crippen LogP contribution in [0, 0.1) is 0 Å². The number of hydrogen-bond acceptors (Lipinski definition) is 8. The molecule has 15 heteroatoms. The maximum Gasteiger partial charge on any atom is 0.451 e. The number of aromatic nitrogens is 6. The highest BCUT2D eigenvalue weighted by Gasteiger charge is 2.39. The second-order valence-corrected chi connectivity index (χ2v) is 10.1. The maximum absolute atomic E-state index is 13.3. The lowest BCUT2D eigenvalue weighted by molar-refractivity contribution is -0.148. The van der Waals surface area contributed by atoms with Gasteiger partial charge in [-0.1, -0.05) is 36.4 Å². The van der Waals surface area contributed by atoms with E-state index in [2.05, 4.69) is 30.7 Å². The van der Waals surface area contributed by atoms with Crippen LogP contribution < -0.4 is 15.0 Å². The zero-order valence-electron chi connectivity index (χ0n) is 22.4. The summed E-state index contributed by atoms with van der Waals surface area (Å²) >= 11 is 0. The number of hydrogen-bond donors (Lipinski definition) is 2. The van der Waals surface area contributed by atoms with E-state index in [1.54, 1.807) is 19.2 Å². The Morgan fingerprint density at radius 1 is 1.12 bits per heavy atom. The summed E-state index contributed by atoms with van der Waals surface area (Å²) in [6.07, 6.45) is -4.09. The van der Waals surface area contributed by atoms with Gasteiger partial charge in [-0.25, -0.2) is 4.98 Å². The van der Waals surface area contributed by atoms with Crippen molar-refractivity contribution in [2.24, 2.45) is 0 Å². The molecule has 2 aromatic heterocycles. The van der Waals surface area contributed by atoms with E-state index in [1.807, 2.05) is 41.3 Å². The van der Waals surface area contributed by atoms with Crippen molar-refractivity contribution in [1.29, 1.82) is 0 Å². The molecule has 1 atom stereocenters. The molecule has 0 spiro atoms. The van der Waals surface area contributed by atoms with Crippen molar-refractivity contribution in [3.63, 3.8) is 0 Å². The molecule has 12 nitrogen and oxygen atoms in total. The number of aromatic amines is 1. The Labute approximate surface area is 237 Å². The molecule has 0 aliphatic carbocycles. The molecule has 2 aliphatic rings. The van der Waals surface area contributed by atoms with Crippen molar-refractivity contribution >= 4 is 17.5 Å². The lowest BCUT2D eigenvalue weighted by atomic mass is 10.1. The average Bonchev–Trinajstić information content (AvgIpc) is 3.60. The van der Waals surface area contributed by atoms with E-state index in [-0.39, 0.29) is 37.3 Å². The molecule has 0 radical (unpaired) electrons. The number of halogens is 3. The number of H-pyrrole nitrogens is 1. The van der Waals surface area contributed by atoms with Gasteiger partial charge in [0.2, 0.25) is 11.6 Å². The first-order valence-corrected chi connectivity index (χ1v) is 13.2. The van der Waals surface area contributed by atoms with E-state index < -0.39 is 23.9 Å². The summed E-state index contributed by atoms with van der Waals surface area (Å²) in [5.41, 5.74) is 2.35. The van der Waals surface area contributed by atoms with Crippen LogP contribution in [0.3, 0.4) is 0 Å². The van der Waals surface area contributed by atoms with Gasteiger partial charge < -0.3 is 19.5 Å². The molecule has 218 valence electrons. The van der Waals surface area contributed by atoms with Gasteiger partial charge in [-0.15, -0.1) is 15.3 Å². The van der Waals surface area contributed by atoms with Crippen LogP contribution in [0.4, 0.5) is 18.9 Å². The number of nitrogens with one attached hydrogen (secondary N) is 2. The number of likely N-dealkylation sites (N-methyl/N-ethyl adjacent to an activating group) is 1. The van der Waals surface area contributed by atoms with Crippen molar-refractivity contribution in [2.75, 3.05) is 25.1 Å². The first-order chi connectivity index (χ1) is 20.2. The summed E-state index contributed by atoms with van der Waals surface area (Å²) in [5, 5.41) is 16.5. The van der Waals surface area contributed by atoms with Crippen LogP contribution >= 0.6 is 0 Å². The normalized spacial score (nSPS) is 17.3. The van der Waals surface area contributed by atoms with Gasteiger partial charge in [-0.05, 0) is 23.3 Å². The van der Waals surface area contributed by atoms with Gasteiger partial charge in [0.1, 0.15) is 30.0 Å². The zero-order chi connectivity index (χ0) is 29.4. The molecule has 0 saturated heterocycles. The first-order valence-electron chi connectivity index (χ1n) is 13.2. The third kappa shape index (κ3) is 5.54. The average molecular weight is 582 g/mol. The lowest BCUT2D eigenvalue weighted by Gasteiger charge is -2.28. The highest BCUT2D eigenvalue weighted by atomic mass is 19.4. The number of nitrogens with zero attached hydrogens (tertiary/aromatic N) is 7. The number of carbonyl (C=O) groups is 2. The fourth-order valence-electron chi connectivity index (χ4n) is 5.04. The van der Waals surface area contributed by atoms with Crippen LogP contribution in [0.15, 0.2) is 48.5 Å². The predicted octanol–water partition coefficient (Wildman–Crippen LogP) is 2.18. The molecule has 0 saturated carbocycles. The number of amides is 2. The topological polar surface area (TPSA) is 134 Å². The fourth-order valence-corrected chi connectivity index (χ4v) is 5.04. The van der Waals surface area contributed by atoms with Gasteiger partial charge in [0.25, 0.3) is 11.8 Å². The Hall–Kier alpha value is -4.79. The van der Waals surface area contributed by atoms with Crippen LogP contribution in [0.25, 0.3) is 0 Å². The largest absolute Gasteiger partial charge is 0.489 e. The Bertz CT molecular complexity index is 1620. The molecular formula is C27H26F3N9O3. The van der Waals surface area contributed by atoms with Gasteiger partial charge >= 0.3 is 6.18 Å². The Morgan fingerprint density at radius 3 is 2.71 bits per heavy atom. The number of alkyl halides is 3. The van der Waals surface area contributed by atoms with Crippen molar-refractivity contribution in [1.82, 2.24) is 40.2 Å². The number of carbonyl (C=O) groups excluding carboxylic acids is 2. The summed E-state index contributed by atoms with van der Waals surface area (Å²) < 4.78 is 46.5. The van der Waals surface area contributed by atoms with Crippen molar-refractivity contribution < 1.29 is 27.5 Å². The Kier molecular flexibility index (Phi) is 7.10. The highest BCUT2D eigenvalue weighted by Crippen LogP contribution is 2.33. The van der Waals surface area contributed by atoms with Gasteiger partial charge in [0, 0.05) is 33.1 Å². The number of benzene rings is 2. The Balaban J connectivity index is 1.10. The summed E-state index contributed by atoms with van der Waals surface area (Å²) in [6.45, 7) is 1.02. The van der Waals surface area contributed by atoms with E-state index in [1.165, 1.54) is 4.90 Å². The standard InChI is InChI=1S/C27H26F3N9O3/c1-37-19-11-17(13-38-9-10-39-22(14-38)34-36-26(39)27(28,29)30)7-8-20(19)42-15-18(25(37)41)31-24(40)23-32-21(33-35-23)12-16-5-3-2-4-6-16/h2-8,11,18H,9-10,12-15H2,1H3,(H,31,40)(H,32,33,35)/t18-/m1/s1. The number of ether oxygens (including phenoxy) is 1. The molecule has 2 aliphatic heterocycles. The maximum atomic E-state index is 13.3. The minimum atomic E-state index is -4.56. The molecule has 2 amide bonds. The van der Waals surface area contributed by atoms with Crippen LogP contribution in [0.1, 0.15) is 39.2 Å². The third-order valence-corrected chi connectivity index (χ3v) is 7.17. The van der Waals surface area contributed by atoms with Gasteiger partial charge in [-0.2, -0.15) is 13.2 Å². The smallest absolute Gasteiger partial charge is 0.451 e. The number of anilines is 1. The van der Waals surface area contributed by atoms with Gasteiger partial charge in [-0.3, -0.25) is 19.6 Å². The molecule has 0 bridgehead atoms. The van der Waals surface area contributed by atoms with Crippen molar-refractivity contribution in [3.05, 3.63) is 83.0 Å². The van der Waals surface area contributed by atoms with Crippen molar-refractivity contribution in [2.45, 2.75) is 38.3 Å². The highest BCUT2D eigenvalue weighted by molar-refractivity contribution is 6.02. The summed E-state index contributed by atoms with van der Waals surface area (Å²) in [7, 11) is 1.59. The molecule has 4 aromatic rings. The van der Waals surface area contributed by atoms with Crippen LogP contribution in [0.2, 0.25) is 0 Å². The molecule has 2 N–H and O–H groups in total. The number of rotatable bonds is 6. The minimum absolute atomic E-state index is 0.0832. The van der Waals surface area contributed by atoms with E-state index >= 15 is 0 Å². The first kappa shape index (κ1) is 27.4. The van der Waals surface area contributed by atoms with Gasteiger partial charge in [0.05, 0.1) is 12.2 Å². The quantitative estimate of drug-likeness (QED) is 0.354. The summed E-state index contributed by atoms with van der Waals surface area (Å²) in [5.74, 6) is -0.846. The van der Waals surface area contributed by atoms with Crippen molar-refractivity contribution in [3.8, 4) is 5.75 Å². The molecule has 0 unspecified atom stereocenters. The molecule has 42 heavy (non-hydrogen) atoms. The number of fused-ring (bicyclic) bond motifs is 2. The second-order valence-electron chi connectivity index (χ2n) is 10.1. The second kappa shape index (κ2) is 10.9. The third-order valence-electron chi connectivity index (χ3n) is 7.17. The van der Waals surface area contributed by atoms with E-state index in [4.69, 9.17) is 4.74 Å². The Morgan fingerprint density at radius 2 is 1.93 bits per heavy atom. The van der Waals surface area contributed by atoms with E-state index in [0.717, 1.165) is 15.7 Å². The summed E-state index contributed by atoms with van der Waals surface area (Å²) in [6, 6.07) is 14.0. The van der Waals surface area contributed by atoms with Crippen LogP contribution in [-0.2, 0) is 37.0 Å². The zero-order valence-corrected chi connectivity index (χ0v) is 22.4. The molecule has 0 fully saturated rings. The predicted molar refractivity (Wildman–Crippen MR) is 141 cm³/mol. The van der Waals surface area contributed by atoms with Crippen LogP contribution in [0.5, 0.6) is 5.75 Å². The SMILES string of the molecule is CN1C(=O)[C@H](NC(=O)c2n[nH]c(Cc3ccccc3)n2)COc2ccc(CN3CCn4c(nnc4C(F)(F)F)C3)cc21. The fraction of sp³-hybridized carbons (Fsp3) is 0.333. The molecule has 4 heterocycles. The van der Waals surface area contributed by atoms with Crippen LogP contribution in [-0.4, -0.2) is 72.9 Å². The molecular weight excluding hydrogens is 555 g/mol. The molecule has 2 aromatic carbocycles.